The first kappa shape index (κ1) is 14.8. The first-order valence-electron chi connectivity index (χ1n) is 5.69. The molecule has 0 bridgehead atoms. The highest BCUT2D eigenvalue weighted by atomic mass is 32.2. The Morgan fingerprint density at radius 2 is 1.94 bits per heavy atom. The topological polar surface area (TPSA) is 46.2 Å². The zero-order valence-corrected chi connectivity index (χ0v) is 10.6. The quantitative estimate of drug-likeness (QED) is 0.850. The number of rotatable bonds is 4. The van der Waals surface area contributed by atoms with Crippen LogP contribution in [0.5, 0.6) is 0 Å². The van der Waals surface area contributed by atoms with Crippen molar-refractivity contribution in [3.8, 4) is 0 Å². The largest absolute Gasteiger partial charge is 0.403 e. The molecule has 102 valence electrons. The Morgan fingerprint density at radius 3 is 2.47 bits per heavy atom. The summed E-state index contributed by atoms with van der Waals surface area (Å²) in [6.45, 7) is 0. The number of alkyl halides is 3. The van der Waals surface area contributed by atoms with E-state index in [2.05, 4.69) is 5.32 Å². The van der Waals surface area contributed by atoms with Crippen molar-refractivity contribution in [3.05, 3.63) is 0 Å². The molecular formula is C10H18F3NO2S. The fourth-order valence-corrected chi connectivity index (χ4v) is 2.79. The van der Waals surface area contributed by atoms with Crippen LogP contribution in [0.15, 0.2) is 0 Å². The highest BCUT2D eigenvalue weighted by Gasteiger charge is 2.41. The van der Waals surface area contributed by atoms with Crippen molar-refractivity contribution >= 4 is 9.84 Å². The van der Waals surface area contributed by atoms with Crippen molar-refractivity contribution in [2.24, 2.45) is 0 Å². The summed E-state index contributed by atoms with van der Waals surface area (Å²) in [5, 5.41) is 2.56. The predicted octanol–water partition coefficient (Wildman–Crippen LogP) is 1.88. The number of nitrogens with one attached hydrogen (secondary N) is 1. The molecule has 17 heavy (non-hydrogen) atoms. The van der Waals surface area contributed by atoms with Crippen LogP contribution in [-0.4, -0.2) is 38.7 Å². The van der Waals surface area contributed by atoms with Crippen LogP contribution >= 0.6 is 0 Å². The van der Waals surface area contributed by atoms with E-state index in [-0.39, 0.29) is 18.2 Å². The van der Waals surface area contributed by atoms with Crippen LogP contribution in [0.25, 0.3) is 0 Å². The van der Waals surface area contributed by atoms with Crippen LogP contribution in [0.3, 0.4) is 0 Å². The molecule has 0 aromatic rings. The summed E-state index contributed by atoms with van der Waals surface area (Å²) in [6, 6.07) is -1.64. The molecule has 2 atom stereocenters. The minimum Gasteiger partial charge on any atom is -0.303 e. The van der Waals surface area contributed by atoms with E-state index in [4.69, 9.17) is 0 Å². The van der Waals surface area contributed by atoms with E-state index < -0.39 is 22.1 Å². The standard InChI is InChI=1S/C10H18F3NO2S/c1-17(15,16)7-3-5-8-4-2-6-9(14-8)10(11,12)13/h8-9,14H,2-7H2,1H3. The molecule has 1 aliphatic rings. The number of halogens is 3. The lowest BCUT2D eigenvalue weighted by molar-refractivity contribution is -0.163. The van der Waals surface area contributed by atoms with Crippen LogP contribution in [0.4, 0.5) is 13.2 Å². The zero-order chi connectivity index (χ0) is 13.1. The normalized spacial score (nSPS) is 27.1. The molecule has 2 unspecified atom stereocenters. The molecule has 0 aromatic carbocycles. The van der Waals surface area contributed by atoms with Crippen LogP contribution in [0.2, 0.25) is 0 Å². The molecule has 0 radical (unpaired) electrons. The summed E-state index contributed by atoms with van der Waals surface area (Å²) >= 11 is 0. The molecule has 3 nitrogen and oxygen atoms in total. The second-order valence-corrected chi connectivity index (χ2v) is 6.92. The Morgan fingerprint density at radius 1 is 1.29 bits per heavy atom. The van der Waals surface area contributed by atoms with Crippen molar-refractivity contribution in [2.45, 2.75) is 50.4 Å². The van der Waals surface area contributed by atoms with Crippen LogP contribution in [0, 0.1) is 0 Å². The molecule has 1 rings (SSSR count). The lowest BCUT2D eigenvalue weighted by Gasteiger charge is -2.32. The van der Waals surface area contributed by atoms with Gasteiger partial charge in [0.25, 0.3) is 0 Å². The van der Waals surface area contributed by atoms with Gasteiger partial charge in [0.2, 0.25) is 0 Å². The maximum Gasteiger partial charge on any atom is 0.403 e. The van der Waals surface area contributed by atoms with Crippen molar-refractivity contribution in [1.29, 1.82) is 0 Å². The van der Waals surface area contributed by atoms with Gasteiger partial charge >= 0.3 is 6.18 Å². The lowest BCUT2D eigenvalue weighted by Crippen LogP contribution is -2.50. The molecule has 0 aromatic heterocycles. The summed E-state index contributed by atoms with van der Waals surface area (Å²) in [7, 11) is -3.02. The molecule has 0 aliphatic carbocycles. The van der Waals surface area contributed by atoms with Crippen molar-refractivity contribution in [1.82, 2.24) is 5.32 Å². The average molecular weight is 273 g/mol. The van der Waals surface area contributed by atoms with Crippen molar-refractivity contribution < 1.29 is 21.6 Å². The summed E-state index contributed by atoms with van der Waals surface area (Å²) in [5.41, 5.74) is 0. The van der Waals surface area contributed by atoms with Crippen LogP contribution in [-0.2, 0) is 9.84 Å². The van der Waals surface area contributed by atoms with E-state index in [1.54, 1.807) is 0 Å². The highest BCUT2D eigenvalue weighted by Crippen LogP contribution is 2.28. The molecule has 0 spiro atoms. The maximum absolute atomic E-state index is 12.5. The second-order valence-electron chi connectivity index (χ2n) is 4.66. The Bertz CT molecular complexity index is 340. The van der Waals surface area contributed by atoms with Gasteiger partial charge in [-0.1, -0.05) is 6.42 Å². The molecule has 1 heterocycles. The van der Waals surface area contributed by atoms with Gasteiger partial charge in [-0.05, 0) is 25.7 Å². The molecule has 0 saturated carbocycles. The van der Waals surface area contributed by atoms with Crippen molar-refractivity contribution in [3.63, 3.8) is 0 Å². The second kappa shape index (κ2) is 5.56. The Kier molecular flexibility index (Phi) is 4.83. The lowest BCUT2D eigenvalue weighted by atomic mass is 9.95. The first-order chi connectivity index (χ1) is 7.68. The molecule has 0 amide bonds. The number of sulfone groups is 1. The van der Waals surface area contributed by atoms with E-state index in [0.717, 1.165) is 6.26 Å². The number of piperidine rings is 1. The fraction of sp³-hybridized carbons (Fsp3) is 1.00. The number of hydrogen-bond donors (Lipinski definition) is 1. The Labute approximate surface area is 99.7 Å². The fourth-order valence-electron chi connectivity index (χ4n) is 2.10. The minimum absolute atomic E-state index is 0.0435. The summed E-state index contributed by atoms with van der Waals surface area (Å²) in [4.78, 5) is 0. The first-order valence-corrected chi connectivity index (χ1v) is 7.75. The average Bonchev–Trinajstić information content (AvgIpc) is 2.15. The van der Waals surface area contributed by atoms with Gasteiger partial charge in [-0.25, -0.2) is 8.42 Å². The molecule has 1 aliphatic heterocycles. The van der Waals surface area contributed by atoms with Gasteiger partial charge in [0.05, 0.1) is 0 Å². The number of hydrogen-bond acceptors (Lipinski definition) is 3. The molecule has 1 fully saturated rings. The SMILES string of the molecule is CS(=O)(=O)CCCC1CCCC(C(F)(F)F)N1. The van der Waals surface area contributed by atoms with E-state index in [9.17, 15) is 21.6 Å². The molecule has 7 heteroatoms. The Hall–Kier alpha value is -0.300. The predicted molar refractivity (Wildman–Crippen MR) is 59.6 cm³/mol. The van der Waals surface area contributed by atoms with E-state index in [0.29, 0.717) is 25.7 Å². The molecular weight excluding hydrogens is 255 g/mol. The van der Waals surface area contributed by atoms with E-state index in [1.807, 2.05) is 0 Å². The van der Waals surface area contributed by atoms with Crippen LogP contribution in [0.1, 0.15) is 32.1 Å². The Balaban J connectivity index is 2.35. The van der Waals surface area contributed by atoms with Crippen LogP contribution < -0.4 is 5.32 Å². The zero-order valence-electron chi connectivity index (χ0n) is 9.76. The minimum atomic E-state index is -4.20. The van der Waals surface area contributed by atoms with Gasteiger partial charge in [0, 0.05) is 18.1 Å². The van der Waals surface area contributed by atoms with Gasteiger partial charge in [-0.2, -0.15) is 13.2 Å². The third kappa shape index (κ3) is 5.72. The van der Waals surface area contributed by atoms with Gasteiger partial charge in [0.1, 0.15) is 15.9 Å². The third-order valence-corrected chi connectivity index (χ3v) is 3.98. The summed E-state index contributed by atoms with van der Waals surface area (Å²) < 4.78 is 59.2. The molecule has 1 saturated heterocycles. The third-order valence-electron chi connectivity index (χ3n) is 2.95. The van der Waals surface area contributed by atoms with E-state index >= 15 is 0 Å². The van der Waals surface area contributed by atoms with Gasteiger partial charge < -0.3 is 5.32 Å². The highest BCUT2D eigenvalue weighted by molar-refractivity contribution is 7.90. The summed E-state index contributed by atoms with van der Waals surface area (Å²) in [6.07, 6.45) is -0.806. The van der Waals surface area contributed by atoms with Gasteiger partial charge in [0.15, 0.2) is 0 Å². The molecule has 1 N–H and O–H groups in total. The monoisotopic (exact) mass is 273 g/mol. The maximum atomic E-state index is 12.5. The van der Waals surface area contributed by atoms with E-state index in [1.165, 1.54) is 0 Å². The van der Waals surface area contributed by atoms with Gasteiger partial charge in [-0.3, -0.25) is 0 Å². The van der Waals surface area contributed by atoms with Gasteiger partial charge in [-0.15, -0.1) is 0 Å². The smallest absolute Gasteiger partial charge is 0.303 e. The van der Waals surface area contributed by atoms with Crippen molar-refractivity contribution in [2.75, 3.05) is 12.0 Å². The summed E-state index contributed by atoms with van der Waals surface area (Å²) in [5.74, 6) is 0.0435.